The highest BCUT2D eigenvalue weighted by molar-refractivity contribution is 5.23. The zero-order chi connectivity index (χ0) is 14.6. The standard InChI is InChI=1S/C16H26N4O/c1-3-20(4-2)8-11(17)15-18-16(21-19-15)14-12-9-5-6-10(7-9)13(12)14/h9-14H,3-8,17H2,1-2H3. The molecule has 0 radical (unpaired) electrons. The lowest BCUT2D eigenvalue weighted by Gasteiger charge is -2.20. The molecule has 1 aromatic heterocycles. The van der Waals surface area contributed by atoms with Crippen LogP contribution >= 0.6 is 0 Å². The van der Waals surface area contributed by atoms with Crippen LogP contribution in [0.5, 0.6) is 0 Å². The minimum absolute atomic E-state index is 0.141. The van der Waals surface area contributed by atoms with E-state index in [0.29, 0.717) is 11.7 Å². The summed E-state index contributed by atoms with van der Waals surface area (Å²) in [5.41, 5.74) is 6.24. The third-order valence-corrected chi connectivity index (χ3v) is 6.16. The maximum Gasteiger partial charge on any atom is 0.230 e. The average molecular weight is 290 g/mol. The number of rotatable bonds is 6. The van der Waals surface area contributed by atoms with E-state index in [4.69, 9.17) is 10.3 Å². The van der Waals surface area contributed by atoms with Crippen molar-refractivity contribution in [3.05, 3.63) is 11.7 Å². The number of aromatic nitrogens is 2. The number of hydrogen-bond donors (Lipinski definition) is 1. The third-order valence-electron chi connectivity index (χ3n) is 6.16. The second-order valence-corrected chi connectivity index (χ2v) is 7.10. The first kappa shape index (κ1) is 13.7. The van der Waals surface area contributed by atoms with Gasteiger partial charge in [0.2, 0.25) is 5.89 Å². The van der Waals surface area contributed by atoms with E-state index >= 15 is 0 Å². The van der Waals surface area contributed by atoms with Gasteiger partial charge in [-0.05, 0) is 56.0 Å². The van der Waals surface area contributed by atoms with Gasteiger partial charge in [-0.1, -0.05) is 19.0 Å². The number of nitrogens with zero attached hydrogens (tertiary/aromatic N) is 3. The van der Waals surface area contributed by atoms with Gasteiger partial charge < -0.3 is 15.2 Å². The SMILES string of the molecule is CCN(CC)CC(N)c1noc(C2C3C4CCC(C4)C23)n1. The molecular weight excluding hydrogens is 264 g/mol. The van der Waals surface area contributed by atoms with Crippen molar-refractivity contribution in [3.63, 3.8) is 0 Å². The first-order valence-electron chi connectivity index (χ1n) is 8.54. The molecule has 5 atom stereocenters. The summed E-state index contributed by atoms with van der Waals surface area (Å²) in [6, 6.07) is -0.141. The largest absolute Gasteiger partial charge is 0.339 e. The first-order valence-corrected chi connectivity index (χ1v) is 8.54. The molecule has 1 aromatic rings. The molecule has 21 heavy (non-hydrogen) atoms. The molecule has 0 aromatic carbocycles. The van der Waals surface area contributed by atoms with Gasteiger partial charge >= 0.3 is 0 Å². The van der Waals surface area contributed by atoms with Crippen molar-refractivity contribution in [1.29, 1.82) is 0 Å². The van der Waals surface area contributed by atoms with E-state index in [0.717, 1.165) is 49.2 Å². The summed E-state index contributed by atoms with van der Waals surface area (Å²) in [6.07, 6.45) is 4.30. The molecule has 3 saturated carbocycles. The van der Waals surface area contributed by atoms with Crippen LogP contribution in [0.1, 0.15) is 56.8 Å². The molecule has 0 amide bonds. The monoisotopic (exact) mass is 290 g/mol. The zero-order valence-corrected chi connectivity index (χ0v) is 13.0. The van der Waals surface area contributed by atoms with Crippen LogP contribution in [0, 0.1) is 23.7 Å². The molecule has 0 saturated heterocycles. The quantitative estimate of drug-likeness (QED) is 0.869. The molecular formula is C16H26N4O. The summed E-state index contributed by atoms with van der Waals surface area (Å²) in [6.45, 7) is 7.11. The number of fused-ring (bicyclic) bond motifs is 5. The molecule has 3 aliphatic carbocycles. The van der Waals surface area contributed by atoms with Crippen LogP contribution in [0.4, 0.5) is 0 Å². The van der Waals surface area contributed by atoms with Crippen molar-refractivity contribution in [2.45, 2.75) is 45.1 Å². The Morgan fingerprint density at radius 1 is 1.24 bits per heavy atom. The molecule has 0 spiro atoms. The van der Waals surface area contributed by atoms with Gasteiger partial charge in [0.15, 0.2) is 5.82 Å². The Balaban J connectivity index is 1.42. The first-order chi connectivity index (χ1) is 10.2. The smallest absolute Gasteiger partial charge is 0.230 e. The van der Waals surface area contributed by atoms with Crippen LogP contribution in [0.2, 0.25) is 0 Å². The summed E-state index contributed by atoms with van der Waals surface area (Å²) in [5, 5.41) is 4.16. The second kappa shape index (κ2) is 5.06. The second-order valence-electron chi connectivity index (χ2n) is 7.10. The van der Waals surface area contributed by atoms with Crippen molar-refractivity contribution in [1.82, 2.24) is 15.0 Å². The highest BCUT2D eigenvalue weighted by Gasteiger charge is 2.67. The van der Waals surface area contributed by atoms with Crippen LogP contribution in [0.15, 0.2) is 4.52 Å². The molecule has 4 rings (SSSR count). The molecule has 5 nitrogen and oxygen atoms in total. The highest BCUT2D eigenvalue weighted by atomic mass is 16.5. The summed E-state index contributed by atoms with van der Waals surface area (Å²) < 4.78 is 5.56. The van der Waals surface area contributed by atoms with Crippen LogP contribution in [-0.2, 0) is 0 Å². The van der Waals surface area contributed by atoms with E-state index < -0.39 is 0 Å². The summed E-state index contributed by atoms with van der Waals surface area (Å²) >= 11 is 0. The molecule has 116 valence electrons. The fourth-order valence-electron chi connectivity index (χ4n) is 5.03. The maximum absolute atomic E-state index is 6.24. The Bertz CT molecular complexity index is 496. The molecule has 1 heterocycles. The normalized spacial score (nSPS) is 38.0. The Morgan fingerprint density at radius 2 is 1.90 bits per heavy atom. The maximum atomic E-state index is 6.24. The Labute approximate surface area is 126 Å². The molecule has 3 fully saturated rings. The van der Waals surface area contributed by atoms with E-state index in [1.54, 1.807) is 0 Å². The Hall–Kier alpha value is -0.940. The zero-order valence-electron chi connectivity index (χ0n) is 13.0. The highest BCUT2D eigenvalue weighted by Crippen LogP contribution is 2.72. The van der Waals surface area contributed by atoms with Crippen LogP contribution in [-0.4, -0.2) is 34.7 Å². The fraction of sp³-hybridized carbons (Fsp3) is 0.875. The van der Waals surface area contributed by atoms with Gasteiger partial charge in [-0.3, -0.25) is 0 Å². The molecule has 2 N–H and O–H groups in total. The predicted molar refractivity (Wildman–Crippen MR) is 79.6 cm³/mol. The van der Waals surface area contributed by atoms with E-state index in [2.05, 4.69) is 28.9 Å². The summed E-state index contributed by atoms with van der Waals surface area (Å²) in [4.78, 5) is 6.94. The molecule has 5 heteroatoms. The molecule has 0 aliphatic heterocycles. The minimum atomic E-state index is -0.141. The Kier molecular flexibility index (Phi) is 3.30. The van der Waals surface area contributed by atoms with Gasteiger partial charge in [-0.2, -0.15) is 4.98 Å². The van der Waals surface area contributed by atoms with Crippen molar-refractivity contribution in [2.24, 2.45) is 29.4 Å². The number of likely N-dealkylation sites (N-methyl/N-ethyl adjacent to an activating group) is 1. The summed E-state index contributed by atoms with van der Waals surface area (Å²) in [5.74, 6) is 5.67. The third kappa shape index (κ3) is 2.13. The van der Waals surface area contributed by atoms with Gasteiger partial charge in [-0.15, -0.1) is 0 Å². The lowest BCUT2D eigenvalue weighted by Crippen LogP contribution is -2.32. The van der Waals surface area contributed by atoms with Gasteiger partial charge in [-0.25, -0.2) is 0 Å². The van der Waals surface area contributed by atoms with E-state index in [-0.39, 0.29) is 6.04 Å². The molecule has 3 aliphatic rings. The number of nitrogens with two attached hydrogens (primary N) is 1. The van der Waals surface area contributed by atoms with Crippen LogP contribution < -0.4 is 5.73 Å². The lowest BCUT2D eigenvalue weighted by atomic mass is 10.0. The minimum Gasteiger partial charge on any atom is -0.339 e. The summed E-state index contributed by atoms with van der Waals surface area (Å²) in [7, 11) is 0. The lowest BCUT2D eigenvalue weighted by molar-refractivity contribution is 0.277. The van der Waals surface area contributed by atoms with E-state index in [1.165, 1.54) is 19.3 Å². The van der Waals surface area contributed by atoms with Crippen LogP contribution in [0.3, 0.4) is 0 Å². The predicted octanol–water partition coefficient (Wildman–Crippen LogP) is 2.17. The van der Waals surface area contributed by atoms with Crippen LogP contribution in [0.25, 0.3) is 0 Å². The van der Waals surface area contributed by atoms with E-state index in [9.17, 15) is 0 Å². The van der Waals surface area contributed by atoms with Gasteiger partial charge in [0.25, 0.3) is 0 Å². The fourth-order valence-corrected chi connectivity index (χ4v) is 5.03. The van der Waals surface area contributed by atoms with Gasteiger partial charge in [0, 0.05) is 12.5 Å². The van der Waals surface area contributed by atoms with Crippen molar-refractivity contribution in [2.75, 3.05) is 19.6 Å². The van der Waals surface area contributed by atoms with E-state index in [1.807, 2.05) is 0 Å². The molecule has 5 unspecified atom stereocenters. The van der Waals surface area contributed by atoms with Gasteiger partial charge in [0.1, 0.15) is 0 Å². The Morgan fingerprint density at radius 3 is 2.52 bits per heavy atom. The average Bonchev–Trinajstić information content (AvgIpc) is 2.93. The topological polar surface area (TPSA) is 68.2 Å². The van der Waals surface area contributed by atoms with Crippen molar-refractivity contribution >= 4 is 0 Å². The number of hydrogen-bond acceptors (Lipinski definition) is 5. The van der Waals surface area contributed by atoms with Gasteiger partial charge in [0.05, 0.1) is 6.04 Å². The van der Waals surface area contributed by atoms with Crippen molar-refractivity contribution in [3.8, 4) is 0 Å². The molecule has 2 bridgehead atoms. The van der Waals surface area contributed by atoms with Crippen molar-refractivity contribution < 1.29 is 4.52 Å².